The first kappa shape index (κ1) is 14.0. The van der Waals surface area contributed by atoms with Crippen molar-refractivity contribution in [1.82, 2.24) is 10.6 Å². The molecule has 20 heavy (non-hydrogen) atoms. The molecule has 1 aliphatic heterocycles. The van der Waals surface area contributed by atoms with Crippen LogP contribution >= 0.6 is 0 Å². The predicted octanol–water partition coefficient (Wildman–Crippen LogP) is -0.880. The van der Waals surface area contributed by atoms with E-state index in [0.29, 0.717) is 11.3 Å². The van der Waals surface area contributed by atoms with E-state index in [4.69, 9.17) is 5.73 Å². The number of nitrogens with two attached hydrogens (primary N) is 1. The van der Waals surface area contributed by atoms with E-state index in [1.807, 2.05) is 0 Å². The molecule has 1 atom stereocenters. The molecule has 0 radical (unpaired) electrons. The van der Waals surface area contributed by atoms with Gasteiger partial charge in [-0.1, -0.05) is 0 Å². The molecule has 3 amide bonds. The molecule has 0 saturated carbocycles. The Labute approximate surface area is 115 Å². The molecule has 0 bridgehead atoms. The quantitative estimate of drug-likeness (QED) is 0.574. The summed E-state index contributed by atoms with van der Waals surface area (Å²) < 4.78 is 0. The monoisotopic (exact) mass is 276 g/mol. The number of hydrogen-bond acceptors (Lipinski definition) is 4. The molecule has 7 nitrogen and oxygen atoms in total. The molecule has 1 aromatic carbocycles. The Bertz CT molecular complexity index is 561. The van der Waals surface area contributed by atoms with Crippen molar-refractivity contribution >= 4 is 23.4 Å². The van der Waals surface area contributed by atoms with E-state index in [1.165, 1.54) is 0 Å². The maximum Gasteiger partial charge on any atom is 0.248 e. The number of nitrogens with one attached hydrogen (secondary N) is 3. The van der Waals surface area contributed by atoms with Gasteiger partial charge < -0.3 is 16.4 Å². The molecular weight excluding hydrogens is 260 g/mol. The smallest absolute Gasteiger partial charge is 0.248 e. The lowest BCUT2D eigenvalue weighted by atomic mass is 10.1. The highest BCUT2D eigenvalue weighted by Crippen LogP contribution is 2.16. The fourth-order valence-electron chi connectivity index (χ4n) is 1.93. The first-order valence-electron chi connectivity index (χ1n) is 6.19. The summed E-state index contributed by atoms with van der Waals surface area (Å²) in [6, 6.07) is 4.34. The second kappa shape index (κ2) is 5.70. The number of primary amides is 1. The molecule has 0 aromatic heterocycles. The molecule has 0 aliphatic carbocycles. The van der Waals surface area contributed by atoms with Crippen molar-refractivity contribution in [2.45, 2.75) is 13.0 Å². The molecular formula is C13H16N4O3. The van der Waals surface area contributed by atoms with Crippen LogP contribution in [-0.4, -0.2) is 36.9 Å². The van der Waals surface area contributed by atoms with Crippen molar-refractivity contribution in [3.63, 3.8) is 0 Å². The molecule has 106 valence electrons. The van der Waals surface area contributed by atoms with Gasteiger partial charge >= 0.3 is 0 Å². The van der Waals surface area contributed by atoms with Gasteiger partial charge in [0.25, 0.3) is 0 Å². The molecule has 5 N–H and O–H groups in total. The van der Waals surface area contributed by atoms with Crippen molar-refractivity contribution in [3.8, 4) is 0 Å². The highest BCUT2D eigenvalue weighted by atomic mass is 16.2. The number of rotatable bonds is 3. The van der Waals surface area contributed by atoms with Crippen LogP contribution in [0.4, 0.5) is 5.69 Å². The summed E-state index contributed by atoms with van der Waals surface area (Å²) in [6.07, 6.45) is 0. The van der Waals surface area contributed by atoms with Gasteiger partial charge in [-0.15, -0.1) is 0 Å². The van der Waals surface area contributed by atoms with Crippen molar-refractivity contribution in [2.24, 2.45) is 5.73 Å². The van der Waals surface area contributed by atoms with E-state index < -0.39 is 11.9 Å². The molecule has 2 rings (SSSR count). The Morgan fingerprint density at radius 3 is 2.70 bits per heavy atom. The number of amides is 3. The van der Waals surface area contributed by atoms with Crippen LogP contribution in [-0.2, 0) is 9.59 Å². The number of carbonyl (C=O) groups is 3. The standard InChI is InChI=1S/C13H16N4O3/c1-7-4-8(12(14)19)2-3-9(7)17-13(20)10-5-16-11(18)6-15-10/h2-4,10,15H,5-6H2,1H3,(H2,14,19)(H,16,18)(H,17,20). The van der Waals surface area contributed by atoms with Crippen LogP contribution < -0.4 is 21.7 Å². The van der Waals surface area contributed by atoms with Crippen LogP contribution in [0.15, 0.2) is 18.2 Å². The topological polar surface area (TPSA) is 113 Å². The Morgan fingerprint density at radius 1 is 1.40 bits per heavy atom. The Kier molecular flexibility index (Phi) is 3.99. The van der Waals surface area contributed by atoms with E-state index in [0.717, 1.165) is 5.56 Å². The minimum Gasteiger partial charge on any atom is -0.366 e. The third kappa shape index (κ3) is 3.12. The van der Waals surface area contributed by atoms with Gasteiger partial charge in [-0.05, 0) is 30.7 Å². The molecule has 1 unspecified atom stereocenters. The molecule has 1 aliphatic rings. The third-order valence-corrected chi connectivity index (χ3v) is 3.10. The van der Waals surface area contributed by atoms with Crippen LogP contribution in [0.25, 0.3) is 0 Å². The van der Waals surface area contributed by atoms with Gasteiger partial charge in [-0.3, -0.25) is 19.7 Å². The number of anilines is 1. The summed E-state index contributed by atoms with van der Waals surface area (Å²) in [5.74, 6) is -0.876. The number of carbonyl (C=O) groups excluding carboxylic acids is 3. The van der Waals surface area contributed by atoms with Crippen LogP contribution in [0.5, 0.6) is 0 Å². The van der Waals surface area contributed by atoms with Gasteiger partial charge in [0.1, 0.15) is 6.04 Å². The molecule has 0 spiro atoms. The minimum absolute atomic E-state index is 0.123. The van der Waals surface area contributed by atoms with Gasteiger partial charge in [-0.25, -0.2) is 0 Å². The van der Waals surface area contributed by atoms with Crippen molar-refractivity contribution in [2.75, 3.05) is 18.4 Å². The lowest BCUT2D eigenvalue weighted by molar-refractivity contribution is -0.124. The van der Waals surface area contributed by atoms with Gasteiger partial charge in [0.05, 0.1) is 6.54 Å². The van der Waals surface area contributed by atoms with Crippen LogP contribution in [0.3, 0.4) is 0 Å². The number of benzene rings is 1. The molecule has 1 saturated heterocycles. The summed E-state index contributed by atoms with van der Waals surface area (Å²) in [5, 5.41) is 8.21. The minimum atomic E-state index is -0.511. The molecule has 1 heterocycles. The number of piperazine rings is 1. The maximum atomic E-state index is 12.0. The van der Waals surface area contributed by atoms with Gasteiger partial charge in [0.2, 0.25) is 17.7 Å². The first-order chi connectivity index (χ1) is 9.47. The Morgan fingerprint density at radius 2 is 2.15 bits per heavy atom. The van der Waals surface area contributed by atoms with Crippen LogP contribution in [0.1, 0.15) is 15.9 Å². The summed E-state index contributed by atoms with van der Waals surface area (Å²) in [4.78, 5) is 34.1. The molecule has 1 fully saturated rings. The zero-order valence-electron chi connectivity index (χ0n) is 11.0. The predicted molar refractivity (Wildman–Crippen MR) is 73.1 cm³/mol. The fourth-order valence-corrected chi connectivity index (χ4v) is 1.93. The summed E-state index contributed by atoms with van der Waals surface area (Å²) in [7, 11) is 0. The van der Waals surface area contributed by atoms with E-state index in [9.17, 15) is 14.4 Å². The number of aryl methyl sites for hydroxylation is 1. The van der Waals surface area contributed by atoms with E-state index in [1.54, 1.807) is 25.1 Å². The lowest BCUT2D eigenvalue weighted by Crippen LogP contribution is -2.56. The number of hydrogen-bond donors (Lipinski definition) is 4. The Balaban J connectivity index is 2.04. The van der Waals surface area contributed by atoms with Crippen LogP contribution in [0, 0.1) is 6.92 Å². The van der Waals surface area contributed by atoms with Crippen molar-refractivity contribution in [1.29, 1.82) is 0 Å². The van der Waals surface area contributed by atoms with Gasteiger partial charge in [-0.2, -0.15) is 0 Å². The SMILES string of the molecule is Cc1cc(C(N)=O)ccc1NC(=O)C1CNC(=O)CN1. The third-order valence-electron chi connectivity index (χ3n) is 3.10. The van der Waals surface area contributed by atoms with Crippen molar-refractivity contribution in [3.05, 3.63) is 29.3 Å². The molecule has 1 aromatic rings. The first-order valence-corrected chi connectivity index (χ1v) is 6.19. The normalized spacial score (nSPS) is 18.2. The average Bonchev–Trinajstić information content (AvgIpc) is 2.41. The van der Waals surface area contributed by atoms with E-state index in [-0.39, 0.29) is 24.9 Å². The van der Waals surface area contributed by atoms with Crippen LogP contribution in [0.2, 0.25) is 0 Å². The van der Waals surface area contributed by atoms with E-state index in [2.05, 4.69) is 16.0 Å². The van der Waals surface area contributed by atoms with Crippen molar-refractivity contribution < 1.29 is 14.4 Å². The summed E-state index contributed by atoms with van der Waals surface area (Å²) in [5.41, 5.74) is 6.93. The summed E-state index contributed by atoms with van der Waals surface area (Å²) in [6.45, 7) is 2.15. The zero-order chi connectivity index (χ0) is 14.7. The lowest BCUT2D eigenvalue weighted by Gasteiger charge is -2.23. The highest BCUT2D eigenvalue weighted by molar-refractivity contribution is 5.98. The summed E-state index contributed by atoms with van der Waals surface area (Å²) >= 11 is 0. The highest BCUT2D eigenvalue weighted by Gasteiger charge is 2.24. The fraction of sp³-hybridized carbons (Fsp3) is 0.308. The molecule has 7 heteroatoms. The largest absolute Gasteiger partial charge is 0.366 e. The van der Waals surface area contributed by atoms with E-state index >= 15 is 0 Å². The zero-order valence-corrected chi connectivity index (χ0v) is 11.0. The maximum absolute atomic E-state index is 12.0. The van der Waals surface area contributed by atoms with Gasteiger partial charge in [0, 0.05) is 17.8 Å². The van der Waals surface area contributed by atoms with Gasteiger partial charge in [0.15, 0.2) is 0 Å². The second-order valence-electron chi connectivity index (χ2n) is 4.62. The average molecular weight is 276 g/mol. The second-order valence-corrected chi connectivity index (χ2v) is 4.62. The Hall–Kier alpha value is -2.41.